The average molecular weight is 192 g/mol. The smallest absolute Gasteiger partial charge is 0.348 e. The number of amides is 4. The first-order chi connectivity index (χ1) is 6.68. The third-order valence-electron chi connectivity index (χ3n) is 1.26. The van der Waals surface area contributed by atoms with E-state index in [1.54, 1.807) is 30.3 Å². The molecule has 0 aliphatic heterocycles. The van der Waals surface area contributed by atoms with Gasteiger partial charge >= 0.3 is 12.1 Å². The monoisotopic (exact) mass is 192 g/mol. The van der Waals surface area contributed by atoms with Crippen LogP contribution in [0.15, 0.2) is 40.6 Å². The van der Waals surface area contributed by atoms with Gasteiger partial charge < -0.3 is 11.1 Å². The van der Waals surface area contributed by atoms with Crippen molar-refractivity contribution in [2.75, 3.05) is 5.32 Å². The lowest BCUT2D eigenvalue weighted by molar-refractivity contribution is 0.250. The van der Waals surface area contributed by atoms with Gasteiger partial charge in [0.05, 0.1) is 0 Å². The second-order valence-corrected chi connectivity index (χ2v) is 2.33. The van der Waals surface area contributed by atoms with E-state index in [9.17, 15) is 9.59 Å². The van der Waals surface area contributed by atoms with Crippen LogP contribution in [0.5, 0.6) is 0 Å². The summed E-state index contributed by atoms with van der Waals surface area (Å²) in [7, 11) is 0. The molecule has 0 fully saturated rings. The van der Waals surface area contributed by atoms with Gasteiger partial charge in [-0.05, 0) is 12.1 Å². The molecule has 0 atom stereocenters. The number of carbonyl (C=O) groups is 2. The number of benzene rings is 1. The van der Waals surface area contributed by atoms with Crippen molar-refractivity contribution in [1.29, 1.82) is 0 Å². The van der Waals surface area contributed by atoms with Gasteiger partial charge in [-0.2, -0.15) is 0 Å². The Kier molecular flexibility index (Phi) is 3.31. The minimum absolute atomic E-state index is 0.570. The minimum atomic E-state index is -1.01. The highest BCUT2D eigenvalue weighted by molar-refractivity contribution is 5.90. The van der Waals surface area contributed by atoms with Crippen molar-refractivity contribution in [1.82, 2.24) is 0 Å². The average Bonchev–Trinajstić information content (AvgIpc) is 2.16. The van der Waals surface area contributed by atoms with Crippen molar-refractivity contribution in [3.05, 3.63) is 30.3 Å². The maximum absolute atomic E-state index is 10.9. The number of primary amides is 1. The van der Waals surface area contributed by atoms with E-state index in [1.807, 2.05) is 0 Å². The minimum Gasteiger partial charge on any atom is -0.348 e. The predicted molar refractivity (Wildman–Crippen MR) is 49.9 cm³/mol. The quantitative estimate of drug-likeness (QED) is 0.662. The van der Waals surface area contributed by atoms with Gasteiger partial charge in [0.2, 0.25) is 0 Å². The molecule has 4 amide bonds. The van der Waals surface area contributed by atoms with Crippen molar-refractivity contribution in [2.45, 2.75) is 0 Å². The highest BCUT2D eigenvalue weighted by atomic mass is 16.2. The van der Waals surface area contributed by atoms with Gasteiger partial charge in [0.15, 0.2) is 0 Å². The van der Waals surface area contributed by atoms with Gasteiger partial charge in [-0.15, -0.1) is 0 Å². The van der Waals surface area contributed by atoms with Gasteiger partial charge in [0.25, 0.3) is 0 Å². The number of anilines is 1. The number of azo groups is 1. The Bertz CT molecular complexity index is 361. The Morgan fingerprint density at radius 1 is 1.14 bits per heavy atom. The number of nitrogens with zero attached hydrogens (tertiary/aromatic N) is 2. The molecule has 0 aliphatic carbocycles. The highest BCUT2D eigenvalue weighted by Gasteiger charge is 1.98. The van der Waals surface area contributed by atoms with E-state index >= 15 is 0 Å². The van der Waals surface area contributed by atoms with E-state index in [0.29, 0.717) is 5.69 Å². The molecule has 6 nitrogen and oxygen atoms in total. The maximum atomic E-state index is 10.9. The summed E-state index contributed by atoms with van der Waals surface area (Å²) in [6.45, 7) is 0. The molecule has 0 radical (unpaired) electrons. The molecule has 14 heavy (non-hydrogen) atoms. The summed E-state index contributed by atoms with van der Waals surface area (Å²) >= 11 is 0. The largest absolute Gasteiger partial charge is 0.364 e. The second kappa shape index (κ2) is 4.70. The van der Waals surface area contributed by atoms with Crippen LogP contribution in [0.1, 0.15) is 0 Å². The van der Waals surface area contributed by atoms with E-state index in [-0.39, 0.29) is 0 Å². The molecule has 0 bridgehead atoms. The van der Waals surface area contributed by atoms with Gasteiger partial charge in [0.1, 0.15) is 0 Å². The molecular formula is C8H8N4O2. The fourth-order valence-corrected chi connectivity index (χ4v) is 0.765. The lowest BCUT2D eigenvalue weighted by Gasteiger charge is -1.98. The van der Waals surface area contributed by atoms with Crippen LogP contribution in [0.3, 0.4) is 0 Å². The van der Waals surface area contributed by atoms with E-state index in [0.717, 1.165) is 0 Å². The molecule has 0 aromatic heterocycles. The number of hydrogen-bond donors (Lipinski definition) is 2. The molecule has 0 spiro atoms. The maximum Gasteiger partial charge on any atom is 0.364 e. The van der Waals surface area contributed by atoms with E-state index in [2.05, 4.69) is 21.3 Å². The van der Waals surface area contributed by atoms with Gasteiger partial charge in [-0.25, -0.2) is 9.59 Å². The Morgan fingerprint density at radius 3 is 2.36 bits per heavy atom. The fourth-order valence-electron chi connectivity index (χ4n) is 0.765. The van der Waals surface area contributed by atoms with Crippen LogP contribution in [-0.4, -0.2) is 12.1 Å². The van der Waals surface area contributed by atoms with Crippen molar-refractivity contribution in [2.24, 2.45) is 16.0 Å². The molecular weight excluding hydrogens is 184 g/mol. The molecule has 3 N–H and O–H groups in total. The lowest BCUT2D eigenvalue weighted by atomic mass is 10.3. The number of rotatable bonds is 1. The van der Waals surface area contributed by atoms with Gasteiger partial charge in [0, 0.05) is 5.69 Å². The van der Waals surface area contributed by atoms with Crippen molar-refractivity contribution in [3.63, 3.8) is 0 Å². The summed E-state index contributed by atoms with van der Waals surface area (Å²) in [6.07, 6.45) is 0. The molecule has 1 rings (SSSR count). The zero-order chi connectivity index (χ0) is 10.4. The number of para-hydroxylation sites is 1. The molecule has 1 aromatic carbocycles. The van der Waals surface area contributed by atoms with Crippen molar-refractivity contribution >= 4 is 17.7 Å². The van der Waals surface area contributed by atoms with Gasteiger partial charge in [-0.3, -0.25) is 0 Å². The molecule has 0 unspecified atom stereocenters. The fraction of sp³-hybridized carbons (Fsp3) is 0. The van der Waals surface area contributed by atoms with Crippen LogP contribution in [-0.2, 0) is 0 Å². The van der Waals surface area contributed by atoms with Crippen molar-refractivity contribution in [3.8, 4) is 0 Å². The molecule has 6 heteroatoms. The molecule has 72 valence electrons. The van der Waals surface area contributed by atoms with E-state index in [4.69, 9.17) is 0 Å². The summed E-state index contributed by atoms with van der Waals surface area (Å²) < 4.78 is 0. The van der Waals surface area contributed by atoms with Crippen LogP contribution in [0.2, 0.25) is 0 Å². The van der Waals surface area contributed by atoms with Crippen LogP contribution in [0, 0.1) is 0 Å². The SMILES string of the molecule is NC(=O)N=NC(=O)Nc1ccccc1. The summed E-state index contributed by atoms with van der Waals surface area (Å²) in [6, 6.07) is 6.92. The van der Waals surface area contributed by atoms with Crippen LogP contribution in [0.4, 0.5) is 15.3 Å². The molecule has 0 aliphatic rings. The van der Waals surface area contributed by atoms with Crippen LogP contribution < -0.4 is 11.1 Å². The Hall–Kier alpha value is -2.24. The third kappa shape index (κ3) is 3.44. The zero-order valence-electron chi connectivity index (χ0n) is 7.18. The first-order valence-electron chi connectivity index (χ1n) is 3.75. The standard InChI is InChI=1S/C8H8N4O2/c9-7(13)11-12-8(14)10-6-4-2-1-3-5-6/h1-5H,(H2,9,13)(H,10,14). The topological polar surface area (TPSA) is 96.9 Å². The Morgan fingerprint density at radius 2 is 1.79 bits per heavy atom. The Labute approximate surface area is 79.8 Å². The van der Waals surface area contributed by atoms with E-state index in [1.165, 1.54) is 0 Å². The predicted octanol–water partition coefficient (Wildman–Crippen LogP) is 1.75. The first-order valence-corrected chi connectivity index (χ1v) is 3.75. The zero-order valence-corrected chi connectivity index (χ0v) is 7.18. The van der Waals surface area contributed by atoms with Crippen LogP contribution >= 0.6 is 0 Å². The second-order valence-electron chi connectivity index (χ2n) is 2.33. The third-order valence-corrected chi connectivity index (χ3v) is 1.26. The summed E-state index contributed by atoms with van der Waals surface area (Å²) in [5, 5.41) is 8.28. The molecule has 0 saturated carbocycles. The number of nitrogens with one attached hydrogen (secondary N) is 1. The molecule has 0 saturated heterocycles. The highest BCUT2D eigenvalue weighted by Crippen LogP contribution is 2.04. The van der Waals surface area contributed by atoms with Gasteiger partial charge in [-0.1, -0.05) is 28.4 Å². The number of nitrogens with two attached hydrogens (primary N) is 1. The lowest BCUT2D eigenvalue weighted by Crippen LogP contribution is -2.08. The number of urea groups is 2. The number of hydrogen-bond acceptors (Lipinski definition) is 2. The number of carbonyl (C=O) groups excluding carboxylic acids is 2. The van der Waals surface area contributed by atoms with E-state index < -0.39 is 12.1 Å². The van der Waals surface area contributed by atoms with Crippen LogP contribution in [0.25, 0.3) is 0 Å². The summed E-state index contributed by atoms with van der Waals surface area (Å²) in [4.78, 5) is 21.1. The summed E-state index contributed by atoms with van der Waals surface area (Å²) in [5.74, 6) is 0. The first kappa shape index (κ1) is 9.85. The summed E-state index contributed by atoms with van der Waals surface area (Å²) in [5.41, 5.74) is 5.23. The van der Waals surface area contributed by atoms with Crippen molar-refractivity contribution < 1.29 is 9.59 Å². The normalized spacial score (nSPS) is 10.0. The molecule has 1 aromatic rings. The molecule has 0 heterocycles. The Balaban J connectivity index is 2.54.